The third-order valence-electron chi connectivity index (χ3n) is 3.49. The molecule has 2 aromatic carbocycles. The minimum absolute atomic E-state index is 0.0152. The van der Waals surface area contributed by atoms with Crippen molar-refractivity contribution in [3.63, 3.8) is 0 Å². The van der Waals surface area contributed by atoms with Crippen molar-refractivity contribution in [1.82, 2.24) is 9.78 Å². The third kappa shape index (κ3) is 2.79. The number of rotatable bonds is 3. The van der Waals surface area contributed by atoms with Gasteiger partial charge in [-0.15, -0.1) is 0 Å². The molecule has 7 heteroatoms. The van der Waals surface area contributed by atoms with Gasteiger partial charge in [0.05, 0.1) is 14.5 Å². The molecular weight excluding hydrogens is 431 g/mol. The van der Waals surface area contributed by atoms with Crippen molar-refractivity contribution >= 4 is 48.5 Å². The molecule has 0 atom stereocenters. The van der Waals surface area contributed by atoms with Gasteiger partial charge in [0.15, 0.2) is 0 Å². The van der Waals surface area contributed by atoms with Crippen LogP contribution in [0.3, 0.4) is 0 Å². The average Bonchev–Trinajstić information content (AvgIpc) is 2.89. The Bertz CT molecular complexity index is 914. The molecule has 23 heavy (non-hydrogen) atoms. The molecule has 3 rings (SSSR count). The molecule has 0 bridgehead atoms. The largest absolute Gasteiger partial charge is 0.506 e. The summed E-state index contributed by atoms with van der Waals surface area (Å²) in [6.07, 6.45) is 0. The molecule has 118 valence electrons. The predicted molar refractivity (Wildman–Crippen MR) is 92.3 cm³/mol. The number of fused-ring (bicyclic) bond motifs is 1. The molecule has 3 aromatic rings. The number of hydrogen-bond acceptors (Lipinski definition) is 3. The van der Waals surface area contributed by atoms with Crippen LogP contribution in [-0.2, 0) is 6.54 Å². The van der Waals surface area contributed by atoms with Gasteiger partial charge in [-0.3, -0.25) is 9.48 Å². The van der Waals surface area contributed by atoms with Gasteiger partial charge in [-0.25, -0.2) is 4.39 Å². The highest BCUT2D eigenvalue weighted by Crippen LogP contribution is 2.34. The number of ketones is 1. The maximum absolute atomic E-state index is 13.6. The number of aryl methyl sites for hydroxylation is 1. The molecule has 0 unspecified atom stereocenters. The SMILES string of the molecule is CCn1nc2ccc(F)cc2c1C(=O)c1cc(Br)c(O)c(Br)c1. The Labute approximate surface area is 148 Å². The Morgan fingerprint density at radius 1 is 1.26 bits per heavy atom. The summed E-state index contributed by atoms with van der Waals surface area (Å²) in [5.41, 5.74) is 1.25. The maximum atomic E-state index is 13.6. The van der Waals surface area contributed by atoms with E-state index in [1.165, 1.54) is 24.3 Å². The van der Waals surface area contributed by atoms with Gasteiger partial charge in [-0.2, -0.15) is 5.10 Å². The van der Waals surface area contributed by atoms with Crippen molar-refractivity contribution in [1.29, 1.82) is 0 Å². The highest BCUT2D eigenvalue weighted by atomic mass is 79.9. The lowest BCUT2D eigenvalue weighted by atomic mass is 10.0. The standard InChI is InChI=1S/C16H11Br2FN2O2/c1-2-21-14(10-7-9(19)3-4-13(10)20-21)15(22)8-5-11(17)16(23)12(18)6-8/h3-7,23H,2H2,1H3. The predicted octanol–water partition coefficient (Wildman–Crippen LogP) is 4.66. The first kappa shape index (κ1) is 16.1. The quantitative estimate of drug-likeness (QED) is 0.601. The number of benzene rings is 2. The van der Waals surface area contributed by atoms with Crippen LogP contribution in [0.1, 0.15) is 23.0 Å². The fraction of sp³-hybridized carbons (Fsp3) is 0.125. The molecule has 0 saturated heterocycles. The lowest BCUT2D eigenvalue weighted by molar-refractivity contribution is 0.103. The zero-order chi connectivity index (χ0) is 16.7. The second-order valence-electron chi connectivity index (χ2n) is 4.94. The van der Waals surface area contributed by atoms with Gasteiger partial charge < -0.3 is 5.11 Å². The molecular formula is C16H11Br2FN2O2. The summed E-state index contributed by atoms with van der Waals surface area (Å²) in [6, 6.07) is 7.24. The molecule has 0 fully saturated rings. The Morgan fingerprint density at radius 3 is 2.52 bits per heavy atom. The van der Waals surface area contributed by atoms with Gasteiger partial charge in [0.1, 0.15) is 17.3 Å². The summed E-state index contributed by atoms with van der Waals surface area (Å²) in [5.74, 6) is -0.696. The topological polar surface area (TPSA) is 55.1 Å². The highest BCUT2D eigenvalue weighted by Gasteiger charge is 2.21. The van der Waals surface area contributed by atoms with Gasteiger partial charge in [0.2, 0.25) is 5.78 Å². The number of aromatic nitrogens is 2. The summed E-state index contributed by atoms with van der Waals surface area (Å²) < 4.78 is 15.9. The molecule has 0 amide bonds. The first-order valence-electron chi connectivity index (χ1n) is 6.81. The van der Waals surface area contributed by atoms with E-state index in [1.54, 1.807) is 10.7 Å². The smallest absolute Gasteiger partial charge is 0.211 e. The van der Waals surface area contributed by atoms with E-state index in [4.69, 9.17) is 0 Å². The van der Waals surface area contributed by atoms with Crippen molar-refractivity contribution < 1.29 is 14.3 Å². The van der Waals surface area contributed by atoms with E-state index in [-0.39, 0.29) is 11.5 Å². The second-order valence-corrected chi connectivity index (χ2v) is 6.65. The molecule has 1 heterocycles. The Kier molecular flexibility index (Phi) is 4.25. The van der Waals surface area contributed by atoms with Crippen LogP contribution in [-0.4, -0.2) is 20.7 Å². The monoisotopic (exact) mass is 440 g/mol. The van der Waals surface area contributed by atoms with Gasteiger partial charge in [-0.1, -0.05) is 0 Å². The third-order valence-corrected chi connectivity index (χ3v) is 4.70. The van der Waals surface area contributed by atoms with E-state index >= 15 is 0 Å². The van der Waals surface area contributed by atoms with E-state index in [0.717, 1.165) is 0 Å². The zero-order valence-corrected chi connectivity index (χ0v) is 15.1. The Hall–Kier alpha value is -1.73. The molecule has 0 spiro atoms. The number of carbonyl (C=O) groups excluding carboxylic acids is 1. The van der Waals surface area contributed by atoms with E-state index in [0.29, 0.717) is 37.7 Å². The van der Waals surface area contributed by atoms with E-state index in [2.05, 4.69) is 37.0 Å². The Balaban J connectivity index is 2.23. The van der Waals surface area contributed by atoms with Crippen LogP contribution in [0.25, 0.3) is 10.9 Å². The van der Waals surface area contributed by atoms with Gasteiger partial charge in [-0.05, 0) is 69.1 Å². The molecule has 0 radical (unpaired) electrons. The van der Waals surface area contributed by atoms with Crippen molar-refractivity contribution in [2.45, 2.75) is 13.5 Å². The number of hydrogen-bond donors (Lipinski definition) is 1. The molecule has 0 aliphatic rings. The van der Waals surface area contributed by atoms with E-state index in [1.807, 2.05) is 6.92 Å². The highest BCUT2D eigenvalue weighted by molar-refractivity contribution is 9.11. The van der Waals surface area contributed by atoms with Crippen LogP contribution in [0, 0.1) is 5.82 Å². The average molecular weight is 442 g/mol. The summed E-state index contributed by atoms with van der Waals surface area (Å²) in [6.45, 7) is 2.35. The first-order chi connectivity index (χ1) is 10.9. The fourth-order valence-corrected chi connectivity index (χ4v) is 3.59. The van der Waals surface area contributed by atoms with Crippen LogP contribution in [0.5, 0.6) is 5.75 Å². The normalized spacial score (nSPS) is 11.1. The van der Waals surface area contributed by atoms with Crippen LogP contribution >= 0.6 is 31.9 Å². The Morgan fingerprint density at radius 2 is 1.91 bits per heavy atom. The number of phenolic OH excluding ortho intramolecular Hbond substituents is 1. The first-order valence-corrected chi connectivity index (χ1v) is 8.39. The van der Waals surface area contributed by atoms with Crippen LogP contribution < -0.4 is 0 Å². The summed E-state index contributed by atoms with van der Waals surface area (Å²) in [7, 11) is 0. The van der Waals surface area contributed by atoms with Crippen LogP contribution in [0.4, 0.5) is 4.39 Å². The number of aromatic hydroxyl groups is 1. The number of carbonyl (C=O) groups is 1. The molecule has 0 saturated carbocycles. The van der Waals surface area contributed by atoms with Crippen molar-refractivity contribution in [3.8, 4) is 5.75 Å². The zero-order valence-electron chi connectivity index (χ0n) is 12.0. The van der Waals surface area contributed by atoms with Gasteiger partial charge in [0, 0.05) is 17.5 Å². The van der Waals surface area contributed by atoms with Crippen molar-refractivity contribution in [2.75, 3.05) is 0 Å². The minimum atomic E-state index is -0.421. The molecule has 4 nitrogen and oxygen atoms in total. The van der Waals surface area contributed by atoms with Gasteiger partial charge >= 0.3 is 0 Å². The minimum Gasteiger partial charge on any atom is -0.506 e. The number of nitrogens with zero attached hydrogens (tertiary/aromatic N) is 2. The maximum Gasteiger partial charge on any atom is 0.211 e. The van der Waals surface area contributed by atoms with E-state index < -0.39 is 5.82 Å². The summed E-state index contributed by atoms with van der Waals surface area (Å²) in [4.78, 5) is 12.9. The molecule has 0 aliphatic heterocycles. The van der Waals surface area contributed by atoms with Crippen molar-refractivity contribution in [3.05, 3.63) is 56.4 Å². The number of halogens is 3. The van der Waals surface area contributed by atoms with Gasteiger partial charge in [0.25, 0.3) is 0 Å². The molecule has 1 N–H and O–H groups in total. The van der Waals surface area contributed by atoms with E-state index in [9.17, 15) is 14.3 Å². The lowest BCUT2D eigenvalue weighted by Crippen LogP contribution is -2.11. The van der Waals surface area contributed by atoms with Crippen LogP contribution in [0.15, 0.2) is 39.3 Å². The van der Waals surface area contributed by atoms with Crippen molar-refractivity contribution in [2.24, 2.45) is 0 Å². The number of phenols is 1. The second kappa shape index (κ2) is 6.05. The fourth-order valence-electron chi connectivity index (χ4n) is 2.41. The molecule has 0 aliphatic carbocycles. The lowest BCUT2D eigenvalue weighted by Gasteiger charge is -2.07. The summed E-state index contributed by atoms with van der Waals surface area (Å²) in [5, 5.41) is 14.6. The molecule has 1 aromatic heterocycles. The van der Waals surface area contributed by atoms with Crippen LogP contribution in [0.2, 0.25) is 0 Å². The summed E-state index contributed by atoms with van der Waals surface area (Å²) >= 11 is 6.42.